The number of hydrogen-bond acceptors (Lipinski definition) is 0. The van der Waals surface area contributed by atoms with Gasteiger partial charge in [-0.2, -0.15) is 0 Å². The Morgan fingerprint density at radius 2 is 0.618 bits per heavy atom. The highest BCUT2D eigenvalue weighted by Crippen LogP contribution is 2.59. The van der Waals surface area contributed by atoms with Crippen LogP contribution in [-0.4, -0.2) is 0 Å². The molecule has 15 aromatic rings. The van der Waals surface area contributed by atoms with E-state index in [2.05, 4.69) is 237 Å². The van der Waals surface area contributed by atoms with Gasteiger partial charge >= 0.3 is 0 Å². The molecule has 0 nitrogen and oxygen atoms in total. The summed E-state index contributed by atoms with van der Waals surface area (Å²) >= 11 is 0. The first-order chi connectivity index (χ1) is 37.0. The summed E-state index contributed by atoms with van der Waals surface area (Å²) < 4.78 is 0. The quantitative estimate of drug-likeness (QED) is 0.110. The molecule has 0 heteroatoms. The molecule has 76 heavy (non-hydrogen) atoms. The fourth-order valence-electron chi connectivity index (χ4n) is 14.5. The molecular formula is C76H58. The maximum atomic E-state index is 2.62. The number of benzene rings is 13. The van der Waals surface area contributed by atoms with Crippen LogP contribution in [0.2, 0.25) is 0 Å². The summed E-state index contributed by atoms with van der Waals surface area (Å²) in [5.41, 5.74) is 18.8. The van der Waals surface area contributed by atoms with E-state index in [1.54, 1.807) is 0 Å². The highest BCUT2D eigenvalue weighted by atomic mass is 14.3. The highest BCUT2D eigenvalue weighted by Gasteiger charge is 2.31. The van der Waals surface area contributed by atoms with Gasteiger partial charge in [-0.15, -0.1) is 0 Å². The second-order valence-corrected chi connectivity index (χ2v) is 23.8. The van der Waals surface area contributed by atoms with E-state index in [-0.39, 0.29) is 0 Å². The monoisotopic (exact) mass is 970 g/mol. The van der Waals surface area contributed by atoms with Crippen LogP contribution in [0.1, 0.15) is 101 Å². The van der Waals surface area contributed by atoms with Crippen LogP contribution in [0.15, 0.2) is 182 Å². The van der Waals surface area contributed by atoms with Crippen LogP contribution in [-0.2, 0) is 0 Å². The zero-order valence-electron chi connectivity index (χ0n) is 44.6. The summed E-state index contributed by atoms with van der Waals surface area (Å²) in [5.74, 6) is 1.49. The molecule has 0 N–H and O–H groups in total. The topological polar surface area (TPSA) is 0 Å². The molecule has 0 bridgehead atoms. The Morgan fingerprint density at radius 3 is 1.21 bits per heavy atom. The zero-order valence-corrected chi connectivity index (χ0v) is 44.6. The molecule has 1 aliphatic carbocycles. The van der Waals surface area contributed by atoms with E-state index in [1.165, 1.54) is 186 Å². The second kappa shape index (κ2) is 15.6. The smallest absolute Gasteiger partial charge is 0.000718 e. The normalized spacial score (nSPS) is 12.9. The first kappa shape index (κ1) is 44.0. The predicted octanol–water partition coefficient (Wildman–Crippen LogP) is 22.7. The van der Waals surface area contributed by atoms with Gasteiger partial charge in [0.2, 0.25) is 0 Å². The number of fused-ring (bicyclic) bond motifs is 13. The minimum Gasteiger partial charge on any atom is -0.0622 e. The molecule has 0 atom stereocenters. The Kier molecular flexibility index (Phi) is 9.05. The van der Waals surface area contributed by atoms with Gasteiger partial charge in [-0.25, -0.2) is 0 Å². The highest BCUT2D eigenvalue weighted by molar-refractivity contribution is 6.49. The minimum absolute atomic E-state index is 0.373. The third-order valence-corrected chi connectivity index (χ3v) is 18.3. The summed E-state index contributed by atoms with van der Waals surface area (Å²) in [6.07, 6.45) is 0. The fraction of sp³-hybridized carbons (Fsp3) is 0.158. The van der Waals surface area contributed by atoms with E-state index >= 15 is 0 Å². The van der Waals surface area contributed by atoms with Gasteiger partial charge in [0.1, 0.15) is 0 Å². The molecule has 0 fully saturated rings. The maximum Gasteiger partial charge on any atom is -0.000718 e. The van der Waals surface area contributed by atoms with E-state index in [9.17, 15) is 0 Å². The molecule has 362 valence electrons. The largest absolute Gasteiger partial charge is 0.0622 e. The lowest BCUT2D eigenvalue weighted by atomic mass is 9.81. The van der Waals surface area contributed by atoms with Gasteiger partial charge in [0.15, 0.2) is 0 Å². The molecule has 0 aliphatic heterocycles. The van der Waals surface area contributed by atoms with E-state index < -0.39 is 0 Å². The molecule has 0 radical (unpaired) electrons. The molecule has 0 spiro atoms. The minimum atomic E-state index is 0.373. The van der Waals surface area contributed by atoms with Crippen LogP contribution in [0.3, 0.4) is 0 Å². The summed E-state index contributed by atoms with van der Waals surface area (Å²) in [6.45, 7) is 18.9. The SMILES string of the molecule is CC(C)c1cc(-c2c3cc4c5ccccc5c5cccc(c3c(-c3cc(C(C)C)cc(C(C)C)c3)c3c6ccc7c8ccc9c%10c(ccc(c%11ccc(c23)c6c%117)c%108)-c2cc(-c3ccccc3)ccc2-9)c54)cc(C(C)C)c1. The second-order valence-electron chi connectivity index (χ2n) is 23.8. The van der Waals surface area contributed by atoms with Gasteiger partial charge in [-0.3, -0.25) is 0 Å². The fourth-order valence-corrected chi connectivity index (χ4v) is 14.5. The van der Waals surface area contributed by atoms with Crippen molar-refractivity contribution >= 4 is 108 Å². The zero-order chi connectivity index (χ0) is 51.2. The first-order valence-electron chi connectivity index (χ1n) is 27.9. The van der Waals surface area contributed by atoms with Crippen LogP contribution in [0, 0.1) is 0 Å². The van der Waals surface area contributed by atoms with Gasteiger partial charge in [0, 0.05) is 0 Å². The van der Waals surface area contributed by atoms with Crippen molar-refractivity contribution in [2.75, 3.05) is 0 Å². The summed E-state index contributed by atoms with van der Waals surface area (Å²) in [6, 6.07) is 71.8. The van der Waals surface area contributed by atoms with Crippen molar-refractivity contribution < 1.29 is 0 Å². The molecule has 15 aromatic carbocycles. The van der Waals surface area contributed by atoms with E-state index in [0.29, 0.717) is 23.7 Å². The van der Waals surface area contributed by atoms with Gasteiger partial charge in [-0.1, -0.05) is 225 Å². The van der Waals surface area contributed by atoms with Crippen LogP contribution < -0.4 is 0 Å². The van der Waals surface area contributed by atoms with Crippen LogP contribution in [0.4, 0.5) is 0 Å². The van der Waals surface area contributed by atoms with E-state index in [4.69, 9.17) is 0 Å². The molecule has 0 amide bonds. The van der Waals surface area contributed by atoms with Crippen molar-refractivity contribution in [2.45, 2.75) is 79.1 Å². The molecular weight excluding hydrogens is 913 g/mol. The van der Waals surface area contributed by atoms with Gasteiger partial charge in [0.05, 0.1) is 0 Å². The first-order valence-corrected chi connectivity index (χ1v) is 27.9. The third kappa shape index (κ3) is 5.80. The Morgan fingerprint density at radius 1 is 0.197 bits per heavy atom. The van der Waals surface area contributed by atoms with Gasteiger partial charge < -0.3 is 0 Å². The van der Waals surface area contributed by atoms with E-state index in [0.717, 1.165) is 0 Å². The maximum absolute atomic E-state index is 2.62. The van der Waals surface area contributed by atoms with Crippen LogP contribution >= 0.6 is 0 Å². The van der Waals surface area contributed by atoms with Crippen molar-refractivity contribution in [1.29, 1.82) is 0 Å². The Hall–Kier alpha value is -8.32. The van der Waals surface area contributed by atoms with Crippen molar-refractivity contribution in [3.05, 3.63) is 204 Å². The summed E-state index contributed by atoms with van der Waals surface area (Å²) in [7, 11) is 0. The summed E-state index contributed by atoms with van der Waals surface area (Å²) in [5, 5.41) is 27.1. The van der Waals surface area contributed by atoms with Crippen molar-refractivity contribution in [3.8, 4) is 55.6 Å². The molecule has 1 aliphatic rings. The lowest BCUT2D eigenvalue weighted by Crippen LogP contribution is -1.98. The van der Waals surface area contributed by atoms with Gasteiger partial charge in [-0.05, 0) is 221 Å². The number of rotatable bonds is 7. The van der Waals surface area contributed by atoms with Gasteiger partial charge in [0.25, 0.3) is 0 Å². The lowest BCUT2D eigenvalue weighted by Gasteiger charge is -2.22. The Bertz CT molecular complexity index is 4890. The standard InChI is InChI=1S/C76H58/c1-39(2)45-31-46(40(3)4)34-49(33-45)67-66-38-65-52-18-13-12-17-51(52)54-19-14-20-61(69(54)65)74(66)68(50-35-47(41(5)6)32-48(36-50)42(7)8)76-63-30-28-59-56-24-23-55-53-22-21-44(43-15-10-9-11-16-43)37-64(53)60-26-25-57(71(56)70(55)60)58-27-29-62(75(67)76)73(63)72(58)59/h9-42H,1-8H3. The molecule has 0 saturated carbocycles. The molecule has 0 aromatic heterocycles. The predicted molar refractivity (Wildman–Crippen MR) is 332 cm³/mol. The Labute approximate surface area is 444 Å². The molecule has 16 rings (SSSR count). The van der Waals surface area contributed by atoms with Crippen LogP contribution in [0.25, 0.3) is 163 Å². The van der Waals surface area contributed by atoms with E-state index in [1.807, 2.05) is 0 Å². The van der Waals surface area contributed by atoms with Crippen LogP contribution in [0.5, 0.6) is 0 Å². The molecule has 0 unspecified atom stereocenters. The van der Waals surface area contributed by atoms with Crippen molar-refractivity contribution in [1.82, 2.24) is 0 Å². The third-order valence-electron chi connectivity index (χ3n) is 18.3. The average molecular weight is 971 g/mol. The molecule has 0 saturated heterocycles. The number of hydrogen-bond donors (Lipinski definition) is 0. The van der Waals surface area contributed by atoms with Crippen molar-refractivity contribution in [2.24, 2.45) is 0 Å². The average Bonchev–Trinajstić information content (AvgIpc) is 4.27. The molecule has 0 heterocycles. The Balaban J connectivity index is 1.12. The van der Waals surface area contributed by atoms with Crippen molar-refractivity contribution in [3.63, 3.8) is 0 Å². The lowest BCUT2D eigenvalue weighted by molar-refractivity contribution is 0.834. The summed E-state index contributed by atoms with van der Waals surface area (Å²) in [4.78, 5) is 0.